The Balaban J connectivity index is 1.80. The maximum Gasteiger partial charge on any atom is 0.236 e. The molecule has 0 atom stereocenters. The molecule has 0 aliphatic carbocycles. The zero-order valence-corrected chi connectivity index (χ0v) is 12.0. The minimum atomic E-state index is 0.258. The van der Waals surface area contributed by atoms with E-state index in [0.29, 0.717) is 6.54 Å². The first-order valence-corrected chi connectivity index (χ1v) is 7.09. The first-order valence-electron chi connectivity index (χ1n) is 7.09. The Morgan fingerprint density at radius 1 is 1.32 bits per heavy atom. The Morgan fingerprint density at radius 3 is 2.58 bits per heavy atom. The summed E-state index contributed by atoms with van der Waals surface area (Å²) in [4.78, 5) is 16.3. The molecule has 5 heteroatoms. The van der Waals surface area contributed by atoms with Crippen molar-refractivity contribution in [1.82, 2.24) is 19.6 Å². The third kappa shape index (κ3) is 4.35. The number of likely N-dealkylation sites (tertiary alicyclic amines) is 1. The lowest BCUT2D eigenvalue weighted by Gasteiger charge is -2.23. The van der Waals surface area contributed by atoms with E-state index in [2.05, 4.69) is 10.00 Å². The molecule has 1 aliphatic rings. The predicted octanol–water partition coefficient (Wildman–Crippen LogP) is 1.25. The van der Waals surface area contributed by atoms with E-state index in [1.807, 2.05) is 31.4 Å². The molecule has 2 rings (SSSR count). The fraction of sp³-hybridized carbons (Fsp3) is 0.714. The second-order valence-corrected chi connectivity index (χ2v) is 5.49. The quantitative estimate of drug-likeness (QED) is 0.822. The maximum atomic E-state index is 12.2. The lowest BCUT2D eigenvalue weighted by Crippen LogP contribution is -2.39. The van der Waals surface area contributed by atoms with Crippen LogP contribution in [0.1, 0.15) is 31.2 Å². The second-order valence-electron chi connectivity index (χ2n) is 5.49. The number of hydrogen-bond acceptors (Lipinski definition) is 3. The van der Waals surface area contributed by atoms with Gasteiger partial charge in [0.2, 0.25) is 5.91 Å². The number of hydrogen-bond donors (Lipinski definition) is 0. The van der Waals surface area contributed by atoms with E-state index >= 15 is 0 Å². The average Bonchev–Trinajstić information content (AvgIpc) is 2.64. The van der Waals surface area contributed by atoms with Crippen molar-refractivity contribution in [1.29, 1.82) is 0 Å². The number of aromatic nitrogens is 2. The van der Waals surface area contributed by atoms with Crippen LogP contribution in [0.3, 0.4) is 0 Å². The van der Waals surface area contributed by atoms with Crippen LogP contribution in [-0.2, 0) is 18.4 Å². The number of nitrogens with zero attached hydrogens (tertiary/aromatic N) is 4. The fourth-order valence-corrected chi connectivity index (χ4v) is 2.57. The number of amides is 1. The van der Waals surface area contributed by atoms with Gasteiger partial charge in [0.05, 0.1) is 12.7 Å². The van der Waals surface area contributed by atoms with E-state index < -0.39 is 0 Å². The molecule has 1 aromatic rings. The third-order valence-corrected chi connectivity index (χ3v) is 3.57. The number of aryl methyl sites for hydroxylation is 1. The van der Waals surface area contributed by atoms with Gasteiger partial charge in [0.15, 0.2) is 0 Å². The molecule has 2 heterocycles. The van der Waals surface area contributed by atoms with Crippen LogP contribution in [0.4, 0.5) is 0 Å². The molecular weight excluding hydrogens is 240 g/mol. The lowest BCUT2D eigenvalue weighted by molar-refractivity contribution is -0.132. The topological polar surface area (TPSA) is 41.4 Å². The molecule has 19 heavy (non-hydrogen) atoms. The largest absolute Gasteiger partial charge is 0.342 e. The van der Waals surface area contributed by atoms with Crippen molar-refractivity contribution in [3.8, 4) is 0 Å². The van der Waals surface area contributed by atoms with Gasteiger partial charge in [0.25, 0.3) is 0 Å². The van der Waals surface area contributed by atoms with Crippen LogP contribution in [0.25, 0.3) is 0 Å². The van der Waals surface area contributed by atoms with Gasteiger partial charge in [-0.3, -0.25) is 14.4 Å². The van der Waals surface area contributed by atoms with Gasteiger partial charge in [-0.1, -0.05) is 12.8 Å². The summed E-state index contributed by atoms with van der Waals surface area (Å²) in [6, 6.07) is 0. The molecule has 0 aromatic carbocycles. The molecule has 0 bridgehead atoms. The van der Waals surface area contributed by atoms with Crippen LogP contribution in [0.15, 0.2) is 12.4 Å². The van der Waals surface area contributed by atoms with Gasteiger partial charge in [-0.2, -0.15) is 5.10 Å². The Labute approximate surface area is 115 Å². The van der Waals surface area contributed by atoms with Crippen molar-refractivity contribution in [2.45, 2.75) is 32.2 Å². The Morgan fingerprint density at radius 2 is 2.00 bits per heavy atom. The summed E-state index contributed by atoms with van der Waals surface area (Å²) >= 11 is 0. The molecular formula is C14H24N4O. The van der Waals surface area contributed by atoms with Crippen LogP contribution in [-0.4, -0.2) is 52.2 Å². The monoisotopic (exact) mass is 264 g/mol. The van der Waals surface area contributed by atoms with E-state index in [4.69, 9.17) is 0 Å². The molecule has 1 saturated heterocycles. The molecule has 5 nitrogen and oxygen atoms in total. The molecule has 0 spiro atoms. The highest BCUT2D eigenvalue weighted by Gasteiger charge is 2.17. The van der Waals surface area contributed by atoms with Crippen LogP contribution >= 0.6 is 0 Å². The van der Waals surface area contributed by atoms with E-state index in [9.17, 15) is 4.79 Å². The summed E-state index contributed by atoms with van der Waals surface area (Å²) in [6.07, 6.45) is 8.67. The number of likely N-dealkylation sites (N-methyl/N-ethyl adjacent to an activating group) is 1. The average molecular weight is 264 g/mol. The number of rotatable bonds is 4. The van der Waals surface area contributed by atoms with Crippen molar-refractivity contribution in [2.75, 3.05) is 26.7 Å². The maximum absolute atomic E-state index is 12.2. The van der Waals surface area contributed by atoms with Crippen LogP contribution < -0.4 is 0 Å². The minimum Gasteiger partial charge on any atom is -0.342 e. The Kier molecular flexibility index (Phi) is 4.96. The molecule has 106 valence electrons. The molecule has 1 aliphatic heterocycles. The first-order chi connectivity index (χ1) is 9.15. The summed E-state index contributed by atoms with van der Waals surface area (Å²) < 4.78 is 1.79. The molecule has 0 unspecified atom stereocenters. The molecule has 1 fully saturated rings. The zero-order valence-electron chi connectivity index (χ0n) is 12.0. The first kappa shape index (κ1) is 14.1. The van der Waals surface area contributed by atoms with Crippen LogP contribution in [0, 0.1) is 0 Å². The SMILES string of the molecule is CN(CC(=O)N1CCCCCC1)Cc1cnn(C)c1. The van der Waals surface area contributed by atoms with Crippen molar-refractivity contribution >= 4 is 5.91 Å². The second kappa shape index (κ2) is 6.70. The lowest BCUT2D eigenvalue weighted by atomic mass is 10.2. The summed E-state index contributed by atoms with van der Waals surface area (Å²) in [5.74, 6) is 0.258. The summed E-state index contributed by atoms with van der Waals surface area (Å²) in [7, 11) is 3.90. The van der Waals surface area contributed by atoms with Gasteiger partial charge < -0.3 is 4.90 Å². The van der Waals surface area contributed by atoms with Crippen LogP contribution in [0.2, 0.25) is 0 Å². The normalized spacial score (nSPS) is 16.7. The Bertz CT molecular complexity index is 407. The van der Waals surface area contributed by atoms with E-state index in [1.165, 1.54) is 12.8 Å². The summed E-state index contributed by atoms with van der Waals surface area (Å²) in [5, 5.41) is 4.15. The molecule has 0 saturated carbocycles. The van der Waals surface area contributed by atoms with Gasteiger partial charge in [-0.25, -0.2) is 0 Å². The highest BCUT2D eigenvalue weighted by molar-refractivity contribution is 5.78. The van der Waals surface area contributed by atoms with Gasteiger partial charge >= 0.3 is 0 Å². The summed E-state index contributed by atoms with van der Waals surface area (Å²) in [5.41, 5.74) is 1.15. The minimum absolute atomic E-state index is 0.258. The van der Waals surface area contributed by atoms with Gasteiger partial charge in [0.1, 0.15) is 0 Å². The number of carbonyl (C=O) groups is 1. The molecule has 0 N–H and O–H groups in total. The van der Waals surface area contributed by atoms with Crippen molar-refractivity contribution < 1.29 is 4.79 Å². The van der Waals surface area contributed by atoms with Gasteiger partial charge in [0, 0.05) is 38.4 Å². The zero-order chi connectivity index (χ0) is 13.7. The molecule has 1 amide bonds. The van der Waals surface area contributed by atoms with E-state index in [-0.39, 0.29) is 5.91 Å². The smallest absolute Gasteiger partial charge is 0.236 e. The van der Waals surface area contributed by atoms with Crippen molar-refractivity contribution in [3.63, 3.8) is 0 Å². The fourth-order valence-electron chi connectivity index (χ4n) is 2.57. The van der Waals surface area contributed by atoms with Gasteiger partial charge in [-0.05, 0) is 19.9 Å². The van der Waals surface area contributed by atoms with Crippen molar-refractivity contribution in [3.05, 3.63) is 18.0 Å². The summed E-state index contributed by atoms with van der Waals surface area (Å²) in [6.45, 7) is 3.13. The highest BCUT2D eigenvalue weighted by Crippen LogP contribution is 2.10. The third-order valence-electron chi connectivity index (χ3n) is 3.57. The van der Waals surface area contributed by atoms with Crippen molar-refractivity contribution in [2.24, 2.45) is 7.05 Å². The predicted molar refractivity (Wildman–Crippen MR) is 74.6 cm³/mol. The Hall–Kier alpha value is -1.36. The number of carbonyl (C=O) groups excluding carboxylic acids is 1. The standard InChI is InChI=1S/C14H24N4O/c1-16(10-13-9-15-17(2)11-13)12-14(19)18-7-5-3-4-6-8-18/h9,11H,3-8,10,12H2,1-2H3. The van der Waals surface area contributed by atoms with E-state index in [1.54, 1.807) is 4.68 Å². The molecule has 0 radical (unpaired) electrons. The van der Waals surface area contributed by atoms with Crippen LogP contribution in [0.5, 0.6) is 0 Å². The van der Waals surface area contributed by atoms with Gasteiger partial charge in [-0.15, -0.1) is 0 Å². The molecule has 1 aromatic heterocycles. The highest BCUT2D eigenvalue weighted by atomic mass is 16.2. The van der Waals surface area contributed by atoms with E-state index in [0.717, 1.165) is 38.0 Å².